The van der Waals surface area contributed by atoms with Crippen molar-refractivity contribution in [2.24, 2.45) is 0 Å². The van der Waals surface area contributed by atoms with Gasteiger partial charge >= 0.3 is 0 Å². The highest BCUT2D eigenvalue weighted by Crippen LogP contribution is 2.15. The highest BCUT2D eigenvalue weighted by atomic mass is 79.9. The molecule has 1 aromatic carbocycles. The van der Waals surface area contributed by atoms with Gasteiger partial charge in [-0.15, -0.1) is 0 Å². The van der Waals surface area contributed by atoms with Gasteiger partial charge in [0.1, 0.15) is 0 Å². The van der Waals surface area contributed by atoms with E-state index in [-0.39, 0.29) is 12.0 Å². The number of hydrogen-bond donors (Lipinski definition) is 2. The van der Waals surface area contributed by atoms with E-state index < -0.39 is 0 Å². The van der Waals surface area contributed by atoms with Gasteiger partial charge in [0.15, 0.2) is 0 Å². The van der Waals surface area contributed by atoms with Crippen LogP contribution in [0.2, 0.25) is 0 Å². The van der Waals surface area contributed by atoms with Crippen LogP contribution in [0, 0.1) is 0 Å². The van der Waals surface area contributed by atoms with E-state index in [0.717, 1.165) is 36.2 Å². The Morgan fingerprint density at radius 1 is 1.42 bits per heavy atom. The number of ether oxygens (including phenoxy) is 1. The summed E-state index contributed by atoms with van der Waals surface area (Å²) in [4.78, 5) is 11.7. The molecule has 1 saturated heterocycles. The molecule has 5 heteroatoms. The Labute approximate surface area is 122 Å². The Balaban J connectivity index is 1.67. The van der Waals surface area contributed by atoms with Crippen LogP contribution in [0.4, 0.5) is 5.69 Å². The third kappa shape index (κ3) is 5.30. The molecule has 1 aliphatic rings. The Morgan fingerprint density at radius 2 is 2.32 bits per heavy atom. The molecule has 1 amide bonds. The van der Waals surface area contributed by atoms with Gasteiger partial charge in [0.05, 0.1) is 12.6 Å². The highest BCUT2D eigenvalue weighted by Gasteiger charge is 2.13. The van der Waals surface area contributed by atoms with Crippen LogP contribution in [-0.4, -0.2) is 31.7 Å². The molecule has 0 aromatic heterocycles. The van der Waals surface area contributed by atoms with Gasteiger partial charge in [-0.1, -0.05) is 22.0 Å². The third-order valence-electron chi connectivity index (χ3n) is 3.04. The van der Waals surface area contributed by atoms with Gasteiger partial charge < -0.3 is 15.4 Å². The molecule has 0 saturated carbocycles. The van der Waals surface area contributed by atoms with Gasteiger partial charge in [0.2, 0.25) is 5.91 Å². The van der Waals surface area contributed by atoms with E-state index in [4.69, 9.17) is 4.74 Å². The van der Waals surface area contributed by atoms with Crippen molar-refractivity contribution in [1.82, 2.24) is 5.32 Å². The minimum Gasteiger partial charge on any atom is -0.377 e. The third-order valence-corrected chi connectivity index (χ3v) is 3.53. The quantitative estimate of drug-likeness (QED) is 0.874. The van der Waals surface area contributed by atoms with E-state index in [1.165, 1.54) is 6.42 Å². The molecule has 1 aromatic rings. The van der Waals surface area contributed by atoms with Gasteiger partial charge in [-0.25, -0.2) is 0 Å². The van der Waals surface area contributed by atoms with E-state index in [0.29, 0.717) is 6.54 Å². The zero-order valence-corrected chi connectivity index (χ0v) is 12.4. The second-order valence-corrected chi connectivity index (χ2v) is 5.59. The number of rotatable bonds is 5. The van der Waals surface area contributed by atoms with Crippen LogP contribution in [0.1, 0.15) is 19.3 Å². The number of carbonyl (C=O) groups excluding carboxylic acids is 1. The van der Waals surface area contributed by atoms with Crippen LogP contribution in [0.5, 0.6) is 0 Å². The SMILES string of the molecule is O=C(CNCC1CCCCO1)Nc1cccc(Br)c1. The molecule has 1 heterocycles. The van der Waals surface area contributed by atoms with Crippen molar-refractivity contribution >= 4 is 27.5 Å². The predicted octanol–water partition coefficient (Wildman–Crippen LogP) is 2.55. The van der Waals surface area contributed by atoms with Crippen molar-refractivity contribution < 1.29 is 9.53 Å². The Kier molecular flexibility index (Phi) is 5.82. The van der Waals surface area contributed by atoms with Crippen LogP contribution >= 0.6 is 15.9 Å². The standard InChI is InChI=1S/C14H19BrN2O2/c15-11-4-3-5-12(8-11)17-14(18)10-16-9-13-6-1-2-7-19-13/h3-5,8,13,16H,1-2,6-7,9-10H2,(H,17,18). The first kappa shape index (κ1) is 14.5. The number of halogens is 1. The van der Waals surface area contributed by atoms with E-state index in [1.807, 2.05) is 24.3 Å². The number of benzene rings is 1. The zero-order chi connectivity index (χ0) is 13.5. The summed E-state index contributed by atoms with van der Waals surface area (Å²) in [6.07, 6.45) is 3.71. The molecule has 1 fully saturated rings. The second-order valence-electron chi connectivity index (χ2n) is 4.68. The zero-order valence-electron chi connectivity index (χ0n) is 10.8. The lowest BCUT2D eigenvalue weighted by Crippen LogP contribution is -2.36. The largest absolute Gasteiger partial charge is 0.377 e. The molecule has 0 bridgehead atoms. The van der Waals surface area contributed by atoms with E-state index in [1.54, 1.807) is 0 Å². The molecular weight excluding hydrogens is 308 g/mol. The lowest BCUT2D eigenvalue weighted by molar-refractivity contribution is -0.115. The van der Waals surface area contributed by atoms with Gasteiger partial charge in [-0.3, -0.25) is 4.79 Å². The fourth-order valence-electron chi connectivity index (χ4n) is 2.09. The van der Waals surface area contributed by atoms with Crippen molar-refractivity contribution in [3.63, 3.8) is 0 Å². The van der Waals surface area contributed by atoms with E-state index in [9.17, 15) is 4.79 Å². The van der Waals surface area contributed by atoms with Gasteiger partial charge in [-0.05, 0) is 37.5 Å². The Hall–Kier alpha value is -0.910. The van der Waals surface area contributed by atoms with Crippen molar-refractivity contribution in [2.75, 3.05) is 25.0 Å². The lowest BCUT2D eigenvalue weighted by atomic mass is 10.1. The van der Waals surface area contributed by atoms with Crippen LogP contribution in [0.15, 0.2) is 28.7 Å². The normalized spacial score (nSPS) is 19.1. The van der Waals surface area contributed by atoms with Crippen LogP contribution in [-0.2, 0) is 9.53 Å². The average Bonchev–Trinajstić information content (AvgIpc) is 2.40. The average molecular weight is 327 g/mol. The molecule has 1 atom stereocenters. The summed E-state index contributed by atoms with van der Waals surface area (Å²) in [6.45, 7) is 1.90. The van der Waals surface area contributed by atoms with E-state index in [2.05, 4.69) is 26.6 Å². The highest BCUT2D eigenvalue weighted by molar-refractivity contribution is 9.10. The van der Waals surface area contributed by atoms with Gasteiger partial charge in [0, 0.05) is 23.3 Å². The van der Waals surface area contributed by atoms with Crippen LogP contribution in [0.25, 0.3) is 0 Å². The summed E-state index contributed by atoms with van der Waals surface area (Å²) in [5.41, 5.74) is 0.801. The summed E-state index contributed by atoms with van der Waals surface area (Å²) in [5.74, 6) is -0.0334. The molecule has 1 aliphatic heterocycles. The van der Waals surface area contributed by atoms with Gasteiger partial charge in [0.25, 0.3) is 0 Å². The monoisotopic (exact) mass is 326 g/mol. The van der Waals surface area contributed by atoms with Crippen molar-refractivity contribution in [3.8, 4) is 0 Å². The first-order valence-corrected chi connectivity index (χ1v) is 7.41. The Morgan fingerprint density at radius 3 is 3.05 bits per heavy atom. The number of hydrogen-bond acceptors (Lipinski definition) is 3. The number of amides is 1. The van der Waals surface area contributed by atoms with Crippen LogP contribution < -0.4 is 10.6 Å². The molecule has 0 aliphatic carbocycles. The molecule has 2 N–H and O–H groups in total. The van der Waals surface area contributed by atoms with Crippen molar-refractivity contribution in [1.29, 1.82) is 0 Å². The molecular formula is C14H19BrN2O2. The first-order chi connectivity index (χ1) is 9.24. The fourth-order valence-corrected chi connectivity index (χ4v) is 2.49. The Bertz CT molecular complexity index is 420. The number of anilines is 1. The summed E-state index contributed by atoms with van der Waals surface area (Å²) in [6, 6.07) is 7.56. The van der Waals surface area contributed by atoms with Gasteiger partial charge in [-0.2, -0.15) is 0 Å². The summed E-state index contributed by atoms with van der Waals surface area (Å²) >= 11 is 3.37. The van der Waals surface area contributed by atoms with Crippen LogP contribution in [0.3, 0.4) is 0 Å². The number of nitrogens with one attached hydrogen (secondary N) is 2. The molecule has 1 unspecified atom stereocenters. The van der Waals surface area contributed by atoms with Crippen molar-refractivity contribution in [3.05, 3.63) is 28.7 Å². The second kappa shape index (κ2) is 7.62. The number of carbonyl (C=O) groups is 1. The molecule has 0 radical (unpaired) electrons. The van der Waals surface area contributed by atoms with E-state index >= 15 is 0 Å². The molecule has 104 valence electrons. The lowest BCUT2D eigenvalue weighted by Gasteiger charge is -2.22. The molecule has 2 rings (SSSR count). The van der Waals surface area contributed by atoms with Crippen molar-refractivity contribution in [2.45, 2.75) is 25.4 Å². The first-order valence-electron chi connectivity index (χ1n) is 6.62. The maximum atomic E-state index is 11.7. The molecule has 19 heavy (non-hydrogen) atoms. The maximum absolute atomic E-state index is 11.7. The smallest absolute Gasteiger partial charge is 0.238 e. The topological polar surface area (TPSA) is 50.4 Å². The summed E-state index contributed by atoms with van der Waals surface area (Å²) in [5, 5.41) is 5.99. The summed E-state index contributed by atoms with van der Waals surface area (Å²) in [7, 11) is 0. The predicted molar refractivity (Wildman–Crippen MR) is 79.2 cm³/mol. The summed E-state index contributed by atoms with van der Waals surface area (Å²) < 4.78 is 6.55. The molecule has 4 nitrogen and oxygen atoms in total. The molecule has 0 spiro atoms. The minimum absolute atomic E-state index is 0.0334. The maximum Gasteiger partial charge on any atom is 0.238 e. The fraction of sp³-hybridized carbons (Fsp3) is 0.500. The minimum atomic E-state index is -0.0334.